The smallest absolute Gasteiger partial charge is 0.171 e. The van der Waals surface area contributed by atoms with Crippen molar-refractivity contribution >= 4 is 11.7 Å². The SMILES string of the molecule is CCCCN(c1ccc(C(N)=NO)cn1)C1CC1. The van der Waals surface area contributed by atoms with Crippen LogP contribution in [-0.2, 0) is 0 Å². The van der Waals surface area contributed by atoms with E-state index in [0.29, 0.717) is 11.6 Å². The summed E-state index contributed by atoms with van der Waals surface area (Å²) in [5.74, 6) is 1.08. The van der Waals surface area contributed by atoms with Gasteiger partial charge in [-0.1, -0.05) is 18.5 Å². The summed E-state index contributed by atoms with van der Waals surface area (Å²) in [6, 6.07) is 4.44. The quantitative estimate of drug-likeness (QED) is 0.349. The zero-order chi connectivity index (χ0) is 13.0. The Labute approximate surface area is 107 Å². The molecule has 0 aliphatic heterocycles. The Morgan fingerprint density at radius 3 is 2.83 bits per heavy atom. The second-order valence-electron chi connectivity index (χ2n) is 4.67. The minimum atomic E-state index is 0.0978. The van der Waals surface area contributed by atoms with Gasteiger partial charge in [0.15, 0.2) is 5.84 Å². The monoisotopic (exact) mass is 248 g/mol. The molecule has 3 N–H and O–H groups in total. The number of nitrogens with zero attached hydrogens (tertiary/aromatic N) is 3. The van der Waals surface area contributed by atoms with Crippen LogP contribution in [0, 0.1) is 0 Å². The van der Waals surface area contributed by atoms with Crippen molar-refractivity contribution in [1.29, 1.82) is 0 Å². The van der Waals surface area contributed by atoms with Crippen LogP contribution in [0.5, 0.6) is 0 Å². The van der Waals surface area contributed by atoms with Crippen molar-refractivity contribution in [3.8, 4) is 0 Å². The molecule has 1 fully saturated rings. The summed E-state index contributed by atoms with van der Waals surface area (Å²) in [7, 11) is 0. The van der Waals surface area contributed by atoms with Crippen molar-refractivity contribution in [1.82, 2.24) is 4.98 Å². The van der Waals surface area contributed by atoms with Crippen LogP contribution in [-0.4, -0.2) is 28.6 Å². The van der Waals surface area contributed by atoms with Crippen molar-refractivity contribution in [3.05, 3.63) is 23.9 Å². The summed E-state index contributed by atoms with van der Waals surface area (Å²) in [5, 5.41) is 11.6. The van der Waals surface area contributed by atoms with Crippen LogP contribution in [0.25, 0.3) is 0 Å². The predicted molar refractivity (Wildman–Crippen MR) is 72.0 cm³/mol. The second-order valence-corrected chi connectivity index (χ2v) is 4.67. The van der Waals surface area contributed by atoms with Gasteiger partial charge in [0.2, 0.25) is 0 Å². The van der Waals surface area contributed by atoms with E-state index in [1.807, 2.05) is 12.1 Å². The Balaban J connectivity index is 2.10. The molecule has 0 radical (unpaired) electrons. The molecule has 0 bridgehead atoms. The largest absolute Gasteiger partial charge is 0.409 e. The summed E-state index contributed by atoms with van der Waals surface area (Å²) in [5.41, 5.74) is 6.17. The lowest BCUT2D eigenvalue weighted by molar-refractivity contribution is 0.318. The highest BCUT2D eigenvalue weighted by atomic mass is 16.4. The number of hydrogen-bond acceptors (Lipinski definition) is 4. The fourth-order valence-electron chi connectivity index (χ4n) is 1.96. The van der Waals surface area contributed by atoms with Crippen molar-refractivity contribution in [3.63, 3.8) is 0 Å². The third-order valence-electron chi connectivity index (χ3n) is 3.19. The molecular formula is C13H20N4O. The fraction of sp³-hybridized carbons (Fsp3) is 0.538. The number of rotatable bonds is 6. The van der Waals surface area contributed by atoms with E-state index in [0.717, 1.165) is 12.4 Å². The van der Waals surface area contributed by atoms with Crippen LogP contribution in [0.1, 0.15) is 38.2 Å². The van der Waals surface area contributed by atoms with Gasteiger partial charge in [-0.25, -0.2) is 4.98 Å². The first-order valence-corrected chi connectivity index (χ1v) is 6.47. The second kappa shape index (κ2) is 5.71. The number of hydrogen-bond donors (Lipinski definition) is 2. The summed E-state index contributed by atoms with van der Waals surface area (Å²) in [4.78, 5) is 6.78. The summed E-state index contributed by atoms with van der Waals surface area (Å²) >= 11 is 0. The van der Waals surface area contributed by atoms with Crippen LogP contribution < -0.4 is 10.6 Å². The Morgan fingerprint density at radius 2 is 2.33 bits per heavy atom. The summed E-state index contributed by atoms with van der Waals surface area (Å²) < 4.78 is 0. The van der Waals surface area contributed by atoms with Crippen LogP contribution in [0.2, 0.25) is 0 Å². The van der Waals surface area contributed by atoms with Gasteiger partial charge in [0.05, 0.1) is 0 Å². The van der Waals surface area contributed by atoms with E-state index in [9.17, 15) is 0 Å². The average molecular weight is 248 g/mol. The van der Waals surface area contributed by atoms with E-state index in [1.54, 1.807) is 6.20 Å². The number of pyridine rings is 1. The highest BCUT2D eigenvalue weighted by Crippen LogP contribution is 2.30. The number of amidine groups is 1. The fourth-order valence-corrected chi connectivity index (χ4v) is 1.96. The zero-order valence-electron chi connectivity index (χ0n) is 10.7. The Bertz CT molecular complexity index is 412. The lowest BCUT2D eigenvalue weighted by Gasteiger charge is -2.23. The first-order valence-electron chi connectivity index (χ1n) is 6.47. The maximum atomic E-state index is 8.61. The van der Waals surface area contributed by atoms with Gasteiger partial charge in [0, 0.05) is 24.3 Å². The van der Waals surface area contributed by atoms with Crippen LogP contribution >= 0.6 is 0 Å². The average Bonchev–Trinajstić information content (AvgIpc) is 3.24. The number of unbranched alkanes of at least 4 members (excludes halogenated alkanes) is 1. The molecule has 0 saturated heterocycles. The van der Waals surface area contributed by atoms with E-state index >= 15 is 0 Å². The van der Waals surface area contributed by atoms with E-state index in [1.165, 1.54) is 25.7 Å². The van der Waals surface area contributed by atoms with Crippen LogP contribution in [0.15, 0.2) is 23.5 Å². The van der Waals surface area contributed by atoms with E-state index < -0.39 is 0 Å². The molecular weight excluding hydrogens is 228 g/mol. The van der Waals surface area contributed by atoms with Crippen molar-refractivity contribution in [2.24, 2.45) is 10.9 Å². The zero-order valence-corrected chi connectivity index (χ0v) is 10.7. The van der Waals surface area contributed by atoms with Gasteiger partial charge in [-0.2, -0.15) is 0 Å². The maximum Gasteiger partial charge on any atom is 0.171 e. The molecule has 5 nitrogen and oxygen atoms in total. The third kappa shape index (κ3) is 2.91. The van der Waals surface area contributed by atoms with Gasteiger partial charge in [-0.05, 0) is 31.4 Å². The van der Waals surface area contributed by atoms with E-state index in [2.05, 4.69) is 22.0 Å². The summed E-state index contributed by atoms with van der Waals surface area (Å²) in [6.07, 6.45) is 6.54. The maximum absolute atomic E-state index is 8.61. The number of aromatic nitrogens is 1. The van der Waals surface area contributed by atoms with E-state index in [4.69, 9.17) is 10.9 Å². The molecule has 1 aromatic rings. The predicted octanol–water partition coefficient (Wildman–Crippen LogP) is 1.94. The topological polar surface area (TPSA) is 74.7 Å². The molecule has 0 spiro atoms. The number of anilines is 1. The molecule has 2 rings (SSSR count). The molecule has 0 unspecified atom stereocenters. The minimum absolute atomic E-state index is 0.0978. The lowest BCUT2D eigenvalue weighted by Crippen LogP contribution is -2.27. The van der Waals surface area contributed by atoms with Crippen LogP contribution in [0.3, 0.4) is 0 Å². The number of nitrogens with two attached hydrogens (primary N) is 1. The van der Waals surface area contributed by atoms with Gasteiger partial charge >= 0.3 is 0 Å². The molecule has 0 amide bonds. The molecule has 1 heterocycles. The molecule has 1 aliphatic rings. The molecule has 0 aromatic carbocycles. The summed E-state index contributed by atoms with van der Waals surface area (Å²) in [6.45, 7) is 3.25. The van der Waals surface area contributed by atoms with Gasteiger partial charge in [0.1, 0.15) is 5.82 Å². The highest BCUT2D eigenvalue weighted by Gasteiger charge is 2.29. The number of oxime groups is 1. The molecule has 18 heavy (non-hydrogen) atoms. The Kier molecular flexibility index (Phi) is 4.02. The first-order chi connectivity index (χ1) is 8.76. The van der Waals surface area contributed by atoms with Crippen molar-refractivity contribution in [2.75, 3.05) is 11.4 Å². The van der Waals surface area contributed by atoms with Gasteiger partial charge in [-0.3, -0.25) is 0 Å². The van der Waals surface area contributed by atoms with Gasteiger partial charge in [-0.15, -0.1) is 0 Å². The highest BCUT2D eigenvalue weighted by molar-refractivity contribution is 5.96. The van der Waals surface area contributed by atoms with Crippen molar-refractivity contribution < 1.29 is 5.21 Å². The standard InChI is InChI=1S/C13H20N4O/c1-2-3-8-17(11-5-6-11)12-7-4-10(9-15-12)13(14)16-18/h4,7,9,11,18H,2-3,5-6,8H2,1H3,(H2,14,16). The van der Waals surface area contributed by atoms with Crippen LogP contribution in [0.4, 0.5) is 5.82 Å². The van der Waals surface area contributed by atoms with Gasteiger partial charge < -0.3 is 15.8 Å². The molecule has 1 aromatic heterocycles. The Hall–Kier alpha value is -1.78. The Morgan fingerprint density at radius 1 is 1.56 bits per heavy atom. The van der Waals surface area contributed by atoms with Gasteiger partial charge in [0.25, 0.3) is 0 Å². The molecule has 98 valence electrons. The molecule has 0 atom stereocenters. The lowest BCUT2D eigenvalue weighted by atomic mass is 10.2. The molecule has 1 saturated carbocycles. The first kappa shape index (κ1) is 12.7. The normalized spacial score (nSPS) is 15.7. The van der Waals surface area contributed by atoms with E-state index in [-0.39, 0.29) is 5.84 Å². The third-order valence-corrected chi connectivity index (χ3v) is 3.19. The minimum Gasteiger partial charge on any atom is -0.409 e. The molecule has 5 heteroatoms. The molecule has 1 aliphatic carbocycles. The van der Waals surface area contributed by atoms with Crippen molar-refractivity contribution in [2.45, 2.75) is 38.6 Å².